The molecule has 0 bridgehead atoms. The van der Waals surface area contributed by atoms with Gasteiger partial charge in [0.2, 0.25) is 0 Å². The van der Waals surface area contributed by atoms with E-state index in [1.54, 1.807) is 18.2 Å². The van der Waals surface area contributed by atoms with Gasteiger partial charge in [-0.25, -0.2) is 9.97 Å². The summed E-state index contributed by atoms with van der Waals surface area (Å²) in [5.74, 6) is 0.432. The van der Waals surface area contributed by atoms with Crippen LogP contribution in [-0.2, 0) is 0 Å². The second kappa shape index (κ2) is 8.98. The van der Waals surface area contributed by atoms with Crippen LogP contribution in [0.15, 0.2) is 79.1 Å². The smallest absolute Gasteiger partial charge is 0.255 e. The van der Waals surface area contributed by atoms with Crippen molar-refractivity contribution in [2.45, 2.75) is 13.8 Å². The molecule has 2 N–H and O–H groups in total. The monoisotopic (exact) mass is 428 g/mol. The molecule has 0 spiro atoms. The first-order valence-corrected chi connectivity index (χ1v) is 10.2. The Labute approximate surface area is 186 Å². The minimum absolute atomic E-state index is 0.216. The summed E-state index contributed by atoms with van der Waals surface area (Å²) in [5, 5.41) is 6.74. The molecule has 5 nitrogen and oxygen atoms in total. The normalized spacial score (nSPS) is 10.5. The molecule has 1 heterocycles. The largest absolute Gasteiger partial charge is 0.340 e. The number of aromatic nitrogens is 2. The van der Waals surface area contributed by atoms with Crippen LogP contribution in [0, 0.1) is 13.8 Å². The van der Waals surface area contributed by atoms with Crippen LogP contribution in [-0.4, -0.2) is 15.9 Å². The average Bonchev–Trinajstić information content (AvgIpc) is 2.77. The molecule has 0 unspecified atom stereocenters. The van der Waals surface area contributed by atoms with Crippen molar-refractivity contribution in [3.8, 4) is 11.3 Å². The first-order chi connectivity index (χ1) is 15.0. The number of aryl methyl sites for hydroxylation is 2. The van der Waals surface area contributed by atoms with Crippen LogP contribution in [0.1, 0.15) is 21.5 Å². The highest BCUT2D eigenvalue weighted by Gasteiger charge is 2.09. The molecular formula is C25H21ClN4O. The molecule has 4 aromatic rings. The van der Waals surface area contributed by atoms with Crippen LogP contribution < -0.4 is 10.6 Å². The lowest BCUT2D eigenvalue weighted by Crippen LogP contribution is -2.12. The van der Waals surface area contributed by atoms with Gasteiger partial charge in [0, 0.05) is 33.6 Å². The molecule has 0 aliphatic carbocycles. The molecule has 31 heavy (non-hydrogen) atoms. The van der Waals surface area contributed by atoms with Crippen molar-refractivity contribution < 1.29 is 4.79 Å². The van der Waals surface area contributed by atoms with Crippen LogP contribution in [0.4, 0.5) is 17.2 Å². The zero-order chi connectivity index (χ0) is 21.8. The minimum atomic E-state index is -0.216. The first kappa shape index (κ1) is 20.6. The first-order valence-electron chi connectivity index (χ1n) is 9.81. The summed E-state index contributed by atoms with van der Waals surface area (Å²) < 4.78 is 0. The highest BCUT2D eigenvalue weighted by Crippen LogP contribution is 2.23. The molecular weight excluding hydrogens is 408 g/mol. The summed E-state index contributed by atoms with van der Waals surface area (Å²) in [6.07, 6.45) is 1.53. The van der Waals surface area contributed by atoms with E-state index in [-0.39, 0.29) is 5.91 Å². The molecule has 3 aromatic carbocycles. The average molecular weight is 429 g/mol. The van der Waals surface area contributed by atoms with Crippen LogP contribution in [0.25, 0.3) is 11.3 Å². The van der Waals surface area contributed by atoms with E-state index in [0.29, 0.717) is 22.1 Å². The van der Waals surface area contributed by atoms with Crippen molar-refractivity contribution in [2.24, 2.45) is 0 Å². The van der Waals surface area contributed by atoms with E-state index in [2.05, 4.69) is 26.7 Å². The molecule has 1 aromatic heterocycles. The number of amides is 1. The predicted octanol–water partition coefficient (Wildman–Crippen LogP) is 6.41. The van der Waals surface area contributed by atoms with Gasteiger partial charge in [-0.05, 0) is 55.8 Å². The summed E-state index contributed by atoms with van der Waals surface area (Å²) >= 11 is 6.15. The third-order valence-corrected chi connectivity index (χ3v) is 5.21. The van der Waals surface area contributed by atoms with Crippen molar-refractivity contribution in [1.29, 1.82) is 0 Å². The highest BCUT2D eigenvalue weighted by atomic mass is 35.5. The summed E-state index contributed by atoms with van der Waals surface area (Å²) in [4.78, 5) is 21.4. The number of rotatable bonds is 5. The molecule has 0 radical (unpaired) electrons. The Morgan fingerprint density at radius 2 is 1.71 bits per heavy atom. The quantitative estimate of drug-likeness (QED) is 0.385. The summed E-state index contributed by atoms with van der Waals surface area (Å²) in [7, 11) is 0. The van der Waals surface area contributed by atoms with Gasteiger partial charge < -0.3 is 10.6 Å². The van der Waals surface area contributed by atoms with E-state index >= 15 is 0 Å². The van der Waals surface area contributed by atoms with E-state index in [4.69, 9.17) is 11.6 Å². The van der Waals surface area contributed by atoms with Crippen molar-refractivity contribution in [1.82, 2.24) is 9.97 Å². The number of hydrogen-bond donors (Lipinski definition) is 2. The highest BCUT2D eigenvalue weighted by molar-refractivity contribution is 6.31. The van der Waals surface area contributed by atoms with Gasteiger partial charge in [-0.1, -0.05) is 47.5 Å². The Hall–Kier alpha value is -3.70. The maximum Gasteiger partial charge on any atom is 0.255 e. The van der Waals surface area contributed by atoms with Gasteiger partial charge in [0.05, 0.1) is 5.69 Å². The van der Waals surface area contributed by atoms with E-state index in [1.807, 2.05) is 62.4 Å². The van der Waals surface area contributed by atoms with E-state index in [0.717, 1.165) is 22.5 Å². The van der Waals surface area contributed by atoms with Crippen molar-refractivity contribution in [2.75, 3.05) is 10.6 Å². The number of nitrogens with one attached hydrogen (secondary N) is 2. The topological polar surface area (TPSA) is 66.9 Å². The van der Waals surface area contributed by atoms with Crippen LogP contribution in [0.3, 0.4) is 0 Å². The fourth-order valence-electron chi connectivity index (χ4n) is 3.15. The molecule has 1 amide bonds. The van der Waals surface area contributed by atoms with E-state index in [9.17, 15) is 4.79 Å². The van der Waals surface area contributed by atoms with Crippen molar-refractivity contribution in [3.63, 3.8) is 0 Å². The number of carbonyl (C=O) groups excluding carboxylic acids is 1. The lowest BCUT2D eigenvalue weighted by Gasteiger charge is -2.10. The maximum absolute atomic E-state index is 12.7. The number of hydrogen-bond acceptors (Lipinski definition) is 4. The second-order valence-corrected chi connectivity index (χ2v) is 7.69. The number of nitrogens with zero attached hydrogens (tertiary/aromatic N) is 2. The number of halogens is 1. The van der Waals surface area contributed by atoms with Crippen LogP contribution in [0.2, 0.25) is 5.02 Å². The molecule has 154 valence electrons. The Morgan fingerprint density at radius 3 is 2.52 bits per heavy atom. The molecule has 0 aliphatic rings. The summed E-state index contributed by atoms with van der Waals surface area (Å²) in [6.45, 7) is 3.96. The molecule has 0 aliphatic heterocycles. The molecule has 0 saturated heterocycles. The van der Waals surface area contributed by atoms with Gasteiger partial charge >= 0.3 is 0 Å². The van der Waals surface area contributed by atoms with Crippen molar-refractivity contribution in [3.05, 3.63) is 101 Å². The molecule has 4 rings (SSSR count). The van der Waals surface area contributed by atoms with Gasteiger partial charge in [0.25, 0.3) is 5.91 Å². The Bertz CT molecular complexity index is 1260. The number of benzene rings is 3. The number of anilines is 3. The molecule has 6 heteroatoms. The third kappa shape index (κ3) is 5.08. The lowest BCUT2D eigenvalue weighted by molar-refractivity contribution is 0.102. The Kier molecular flexibility index (Phi) is 5.96. The lowest BCUT2D eigenvalue weighted by atomic mass is 10.1. The third-order valence-electron chi connectivity index (χ3n) is 4.81. The Morgan fingerprint density at radius 1 is 0.871 bits per heavy atom. The summed E-state index contributed by atoms with van der Waals surface area (Å²) in [6, 6.07) is 22.7. The number of carbonyl (C=O) groups is 1. The van der Waals surface area contributed by atoms with Gasteiger partial charge in [-0.15, -0.1) is 0 Å². The standard InChI is InChI=1S/C25H21ClN4O/c1-16-5-3-6-18(11-16)23-14-24(28-15-27-23)29-20-8-4-7-19(12-20)25(31)30-21-10-9-17(2)22(26)13-21/h3-15H,1-2H3,(H,30,31)(H,27,28,29). The summed E-state index contributed by atoms with van der Waals surface area (Å²) in [5.41, 5.74) is 5.90. The minimum Gasteiger partial charge on any atom is -0.340 e. The van der Waals surface area contributed by atoms with Gasteiger partial charge in [-0.3, -0.25) is 4.79 Å². The van der Waals surface area contributed by atoms with Crippen LogP contribution in [0.5, 0.6) is 0 Å². The van der Waals surface area contributed by atoms with Gasteiger partial charge in [-0.2, -0.15) is 0 Å². The molecule has 0 fully saturated rings. The predicted molar refractivity (Wildman–Crippen MR) is 126 cm³/mol. The zero-order valence-corrected chi connectivity index (χ0v) is 17.9. The van der Waals surface area contributed by atoms with Crippen molar-refractivity contribution >= 4 is 34.7 Å². The maximum atomic E-state index is 12.7. The SMILES string of the molecule is Cc1cccc(-c2cc(Nc3cccc(C(=O)Nc4ccc(C)c(Cl)c4)c3)ncn2)c1. The zero-order valence-electron chi connectivity index (χ0n) is 17.2. The second-order valence-electron chi connectivity index (χ2n) is 7.28. The molecule has 0 atom stereocenters. The van der Waals surface area contributed by atoms with Gasteiger partial charge in [0.1, 0.15) is 12.1 Å². The Balaban J connectivity index is 1.51. The fraction of sp³-hybridized carbons (Fsp3) is 0.0800. The fourth-order valence-corrected chi connectivity index (χ4v) is 3.33. The van der Waals surface area contributed by atoms with Gasteiger partial charge in [0.15, 0.2) is 0 Å². The van der Waals surface area contributed by atoms with Crippen LogP contribution >= 0.6 is 11.6 Å². The van der Waals surface area contributed by atoms with E-state index in [1.165, 1.54) is 11.9 Å². The molecule has 0 saturated carbocycles. The van der Waals surface area contributed by atoms with E-state index < -0.39 is 0 Å².